The van der Waals surface area contributed by atoms with Crippen LogP contribution in [0.2, 0.25) is 51.4 Å². The molecule has 2 heterocycles. The Bertz CT molecular complexity index is 2670. The number of cyclic esters (lactones) is 2. The Morgan fingerprint density at radius 1 is 0.674 bits per heavy atom. The number of allylic oxidation sites excluding steroid dienone is 4. The molecule has 0 fully saturated rings. The molecular weight excluding hydrogens is 1210 g/mol. The second kappa shape index (κ2) is 40.2. The minimum absolute atomic E-state index is 0. The number of carboxylic acid groups (broad SMARTS) is 1. The van der Waals surface area contributed by atoms with Crippen molar-refractivity contribution in [3.63, 3.8) is 0 Å². The fraction of sp³-hybridized carbons (Fsp3) is 0.650. The van der Waals surface area contributed by atoms with Crippen molar-refractivity contribution in [2.24, 2.45) is 11.7 Å². The number of aliphatic carboxylic acids is 1. The number of nitrogens with one attached hydrogen (secondary N) is 1. The zero-order valence-electron chi connectivity index (χ0n) is 53.8. The molecule has 0 bridgehead atoms. The average molecular weight is 1310 g/mol. The van der Waals surface area contributed by atoms with Gasteiger partial charge in [-0.3, -0.25) is 18.7 Å². The molecule has 4 rings (SSSR count). The summed E-state index contributed by atoms with van der Waals surface area (Å²) in [6.07, 6.45) is 6.09. The van der Waals surface area contributed by atoms with Crippen molar-refractivity contribution in [1.82, 2.24) is 5.32 Å². The maximum Gasteiger partial charge on any atom is 0.403 e. The molecule has 0 spiro atoms. The molecule has 0 saturated carbocycles. The monoisotopic (exact) mass is 1310 g/mol. The maximum absolute atomic E-state index is 12.6. The summed E-state index contributed by atoms with van der Waals surface area (Å²) in [6, 6.07) is 1.93. The van der Waals surface area contributed by atoms with Gasteiger partial charge in [0.05, 0.1) is 66.8 Å². The van der Waals surface area contributed by atoms with Crippen LogP contribution in [0, 0.1) is 19.8 Å². The second-order valence-corrected chi connectivity index (χ2v) is 38.5. The highest BCUT2D eigenvalue weighted by molar-refractivity contribution is 7.54. The summed E-state index contributed by atoms with van der Waals surface area (Å²) >= 11 is 4.86. The zero-order valence-corrected chi connectivity index (χ0v) is 58.4. The first-order chi connectivity index (χ1) is 39.7. The average Bonchev–Trinajstić information content (AvgIpc) is 1.83. The normalized spacial score (nSPS) is 13.0. The zero-order chi connectivity index (χ0) is 64.9. The van der Waals surface area contributed by atoms with E-state index in [0.717, 1.165) is 56.6 Å². The van der Waals surface area contributed by atoms with Crippen molar-refractivity contribution in [2.75, 3.05) is 73.0 Å². The summed E-state index contributed by atoms with van der Waals surface area (Å²) in [5.74, 6) is 1.05. The van der Waals surface area contributed by atoms with Crippen LogP contribution < -0.4 is 30.0 Å². The molecule has 0 saturated heterocycles. The number of fused-ring (bicyclic) bond motifs is 2. The van der Waals surface area contributed by atoms with Gasteiger partial charge in [0.15, 0.2) is 0 Å². The molecular formula is C60H103ClN2O19P2Si2. The molecule has 492 valence electrons. The predicted octanol–water partition coefficient (Wildman–Crippen LogP) is 14.6. The highest BCUT2D eigenvalue weighted by atomic mass is 35.5. The van der Waals surface area contributed by atoms with Crippen LogP contribution in [0.15, 0.2) is 23.3 Å². The van der Waals surface area contributed by atoms with E-state index in [1.807, 2.05) is 53.7 Å². The number of carbonyl (C=O) groups is 5. The van der Waals surface area contributed by atoms with E-state index in [1.54, 1.807) is 41.9 Å². The van der Waals surface area contributed by atoms with Crippen LogP contribution in [0.5, 0.6) is 23.0 Å². The Morgan fingerprint density at radius 3 is 1.37 bits per heavy atom. The third kappa shape index (κ3) is 29.2. The van der Waals surface area contributed by atoms with Crippen molar-refractivity contribution < 1.29 is 89.5 Å². The van der Waals surface area contributed by atoms with E-state index in [-0.39, 0.29) is 77.1 Å². The first-order valence-corrected chi connectivity index (χ1v) is 40.1. The van der Waals surface area contributed by atoms with Crippen LogP contribution in [0.3, 0.4) is 0 Å². The van der Waals surface area contributed by atoms with E-state index in [1.165, 1.54) is 0 Å². The number of hydrogen-bond acceptors (Lipinski definition) is 19. The quantitative estimate of drug-likeness (QED) is 0.0149. The van der Waals surface area contributed by atoms with Gasteiger partial charge in [0, 0.05) is 62.8 Å². The number of carboxylic acids is 1. The van der Waals surface area contributed by atoms with Crippen LogP contribution in [0.4, 0.5) is 4.79 Å². The molecule has 86 heavy (non-hydrogen) atoms. The van der Waals surface area contributed by atoms with Gasteiger partial charge in [-0.25, -0.2) is 14.4 Å². The number of nitrogens with two attached hydrogens (primary N) is 1. The molecule has 4 N–H and O–H groups in total. The lowest BCUT2D eigenvalue weighted by Crippen LogP contribution is -2.25. The molecule has 0 aromatic heterocycles. The summed E-state index contributed by atoms with van der Waals surface area (Å²) in [6.45, 7) is 35.4. The lowest BCUT2D eigenvalue weighted by molar-refractivity contribution is -0.137. The Morgan fingerprint density at radius 2 is 1.06 bits per heavy atom. The molecule has 0 radical (unpaired) electrons. The number of carbonyl (C=O) groups excluding carboxylic acids is 4. The maximum atomic E-state index is 12.6. The summed E-state index contributed by atoms with van der Waals surface area (Å²) < 4.78 is 82.8. The molecule has 0 atom stereocenters. The highest BCUT2D eigenvalue weighted by Crippen LogP contribution is 2.48. The van der Waals surface area contributed by atoms with Gasteiger partial charge in [0.1, 0.15) is 53.6 Å². The van der Waals surface area contributed by atoms with Crippen LogP contribution in [0.1, 0.15) is 143 Å². The van der Waals surface area contributed by atoms with Crippen LogP contribution >= 0.6 is 26.8 Å². The molecule has 2 aromatic carbocycles. The second-order valence-electron chi connectivity index (χ2n) is 22.8. The Balaban J connectivity index is 0.00000131. The standard InChI is InChI=1S/C27H44NO8PSi.C22H32O6Si.C5H9ClO2.C5H14NO3P.CH4/c1-9-35-37(31,36-10-2)18-28-23(29)14-12-19(3)11-13-21-25(32-5)20(4)22-17-34-27(30)24(22)26(21)33-15-16-38(6,7)8;1-14(8-10-18(23)24)7-9-16-20(26-3)15(2)17-13-28-22(25)19(17)21(16)27-11-12-29(4,5)6;1-4(2)3-8-5(6)7;1-3-8-10(7,5-6)9-4-2;/h11H,9-10,12-18H2,1-8H3,(H,28,29);7H,8-13H2,1-6H3,(H,23,24);4H,3H2,1-2H3;3-6H2,1-2H3;1H4/b19-11+;14-7+;;;. The number of benzene rings is 2. The first-order valence-electron chi connectivity index (χ1n) is 28.8. The van der Waals surface area contributed by atoms with Crippen molar-refractivity contribution in [2.45, 2.75) is 180 Å². The van der Waals surface area contributed by atoms with E-state index in [4.69, 9.17) is 69.0 Å². The minimum Gasteiger partial charge on any atom is -0.496 e. The minimum atomic E-state index is -3.33. The van der Waals surface area contributed by atoms with Gasteiger partial charge in [-0.1, -0.05) is 83.9 Å². The van der Waals surface area contributed by atoms with Gasteiger partial charge >= 0.3 is 38.5 Å². The summed E-state index contributed by atoms with van der Waals surface area (Å²) in [5, 5.41) is 11.6. The molecule has 0 unspecified atom stereocenters. The number of rotatable bonds is 33. The Labute approximate surface area is 519 Å². The lowest BCUT2D eigenvalue weighted by atomic mass is 9.94. The van der Waals surface area contributed by atoms with E-state index in [0.29, 0.717) is 98.8 Å². The number of amides is 1. The molecule has 1 amide bonds. The molecule has 2 aliphatic heterocycles. The van der Waals surface area contributed by atoms with Crippen molar-refractivity contribution in [3.05, 3.63) is 67.8 Å². The van der Waals surface area contributed by atoms with Gasteiger partial charge in [0.25, 0.3) is 0 Å². The third-order valence-electron chi connectivity index (χ3n) is 12.8. The fourth-order valence-electron chi connectivity index (χ4n) is 8.19. The lowest BCUT2D eigenvalue weighted by Gasteiger charge is -2.21. The Hall–Kier alpha value is -4.55. The smallest absolute Gasteiger partial charge is 0.403 e. The predicted molar refractivity (Wildman–Crippen MR) is 345 cm³/mol. The summed E-state index contributed by atoms with van der Waals surface area (Å²) in [5.41, 5.74) is 12.4. The number of ether oxygens (including phenoxy) is 7. The van der Waals surface area contributed by atoms with Crippen molar-refractivity contribution >= 4 is 72.2 Å². The molecule has 2 aliphatic rings. The topological polar surface area (TPSA) is 279 Å². The third-order valence-corrected chi connectivity index (χ3v) is 19.9. The van der Waals surface area contributed by atoms with E-state index in [9.17, 15) is 33.1 Å². The van der Waals surface area contributed by atoms with E-state index >= 15 is 0 Å². The van der Waals surface area contributed by atoms with Crippen LogP contribution in [0.25, 0.3) is 0 Å². The SMILES string of the molecule is C.CC(C)COC(=O)Cl.CCOP(=O)(CN)OCC.CCOP(=O)(CNC(=O)CC/C(C)=C/Cc1c(OC)c(C)c2c(c1OCC[Si](C)(C)C)C(=O)OC2)OCC.COc1c(C)c2c(c(OCC[Si](C)(C)C)c1C/C=C(\C)CCC(=O)O)C(=O)OC2. The van der Waals surface area contributed by atoms with Crippen molar-refractivity contribution in [3.8, 4) is 23.0 Å². The summed E-state index contributed by atoms with van der Waals surface area (Å²) in [7, 11) is -5.67. The van der Waals surface area contributed by atoms with Gasteiger partial charge in [0.2, 0.25) is 5.91 Å². The number of hydrogen-bond donors (Lipinski definition) is 3. The van der Waals surface area contributed by atoms with Crippen molar-refractivity contribution in [1.29, 1.82) is 0 Å². The van der Waals surface area contributed by atoms with Gasteiger partial charge in [-0.05, 0) is 110 Å². The van der Waals surface area contributed by atoms with Gasteiger partial charge in [-0.2, -0.15) is 0 Å². The number of halogens is 1. The fourth-order valence-corrected chi connectivity index (χ4v) is 12.2. The summed E-state index contributed by atoms with van der Waals surface area (Å²) in [4.78, 5) is 58.2. The van der Waals surface area contributed by atoms with Crippen LogP contribution in [-0.4, -0.2) is 124 Å². The highest BCUT2D eigenvalue weighted by Gasteiger charge is 2.35. The van der Waals surface area contributed by atoms with Gasteiger partial charge in [-0.15, -0.1) is 0 Å². The number of esters is 2. The molecule has 26 heteroatoms. The number of methoxy groups -OCH3 is 2. The van der Waals surface area contributed by atoms with Crippen LogP contribution in [-0.2, 0) is 77.1 Å². The molecule has 2 aromatic rings. The molecule has 21 nitrogen and oxygen atoms in total. The first kappa shape index (κ1) is 81.5. The Kier molecular flexibility index (Phi) is 38.0. The molecule has 0 aliphatic carbocycles. The largest absolute Gasteiger partial charge is 0.496 e. The van der Waals surface area contributed by atoms with Gasteiger partial charge < -0.3 is 67.4 Å². The van der Waals surface area contributed by atoms with E-state index in [2.05, 4.69) is 49.3 Å². The van der Waals surface area contributed by atoms with E-state index < -0.39 is 42.7 Å².